The molecular formula is C13H18N2O2S. The van der Waals surface area contributed by atoms with Gasteiger partial charge in [0.1, 0.15) is 0 Å². The number of hydrogen-bond donors (Lipinski definition) is 1. The molecule has 4 nitrogen and oxygen atoms in total. The van der Waals surface area contributed by atoms with Crippen molar-refractivity contribution >= 4 is 15.7 Å². The molecule has 2 heterocycles. The highest BCUT2D eigenvalue weighted by atomic mass is 32.2. The van der Waals surface area contributed by atoms with Crippen LogP contribution in [0.15, 0.2) is 24.3 Å². The molecule has 1 N–H and O–H groups in total. The van der Waals surface area contributed by atoms with Gasteiger partial charge in [0.05, 0.1) is 11.4 Å². The van der Waals surface area contributed by atoms with Crippen LogP contribution in [0.5, 0.6) is 0 Å². The molecule has 1 aromatic carbocycles. The van der Waals surface area contributed by atoms with E-state index in [0.29, 0.717) is 6.54 Å². The van der Waals surface area contributed by atoms with E-state index in [1.54, 1.807) is 4.31 Å². The van der Waals surface area contributed by atoms with Crippen LogP contribution in [0, 0.1) is 5.92 Å². The second kappa shape index (κ2) is 4.55. The van der Waals surface area contributed by atoms with Gasteiger partial charge in [-0.15, -0.1) is 0 Å². The summed E-state index contributed by atoms with van der Waals surface area (Å²) < 4.78 is 26.5. The lowest BCUT2D eigenvalue weighted by molar-refractivity contribution is 0.567. The van der Waals surface area contributed by atoms with Gasteiger partial charge in [-0.3, -0.25) is 4.31 Å². The number of nitrogens with one attached hydrogen (secondary N) is 1. The van der Waals surface area contributed by atoms with Crippen LogP contribution in [-0.2, 0) is 16.4 Å². The van der Waals surface area contributed by atoms with E-state index in [1.165, 1.54) is 0 Å². The van der Waals surface area contributed by atoms with E-state index in [9.17, 15) is 8.42 Å². The minimum atomic E-state index is -3.16. The molecule has 5 heteroatoms. The monoisotopic (exact) mass is 266 g/mol. The van der Waals surface area contributed by atoms with Crippen molar-refractivity contribution in [3.8, 4) is 0 Å². The summed E-state index contributed by atoms with van der Waals surface area (Å²) in [5.41, 5.74) is 2.02. The fourth-order valence-corrected chi connectivity index (χ4v) is 4.75. The lowest BCUT2D eigenvalue weighted by Crippen LogP contribution is -2.34. The van der Waals surface area contributed by atoms with Crippen molar-refractivity contribution in [1.82, 2.24) is 5.32 Å². The topological polar surface area (TPSA) is 49.4 Å². The Balaban J connectivity index is 1.82. The summed E-state index contributed by atoms with van der Waals surface area (Å²) in [5, 5.41) is 3.22. The van der Waals surface area contributed by atoms with Crippen LogP contribution in [-0.4, -0.2) is 33.8 Å². The normalized spacial score (nSPS) is 23.3. The smallest absolute Gasteiger partial charge is 0.235 e. The van der Waals surface area contributed by atoms with Gasteiger partial charge in [0, 0.05) is 6.54 Å². The first-order chi connectivity index (χ1) is 8.67. The van der Waals surface area contributed by atoms with Crippen LogP contribution in [0.1, 0.15) is 12.0 Å². The molecule has 0 aromatic heterocycles. The summed E-state index contributed by atoms with van der Waals surface area (Å²) in [7, 11) is -3.16. The highest BCUT2D eigenvalue weighted by Crippen LogP contribution is 2.30. The van der Waals surface area contributed by atoms with Crippen LogP contribution >= 0.6 is 0 Å². The highest BCUT2D eigenvalue weighted by molar-refractivity contribution is 7.92. The van der Waals surface area contributed by atoms with Gasteiger partial charge in [-0.05, 0) is 43.5 Å². The third kappa shape index (κ3) is 2.12. The molecule has 0 saturated carbocycles. The molecule has 1 aromatic rings. The molecule has 2 aliphatic heterocycles. The third-order valence-corrected chi connectivity index (χ3v) is 5.73. The minimum Gasteiger partial charge on any atom is -0.316 e. The van der Waals surface area contributed by atoms with E-state index in [1.807, 2.05) is 24.3 Å². The van der Waals surface area contributed by atoms with Crippen molar-refractivity contribution in [3.63, 3.8) is 0 Å². The highest BCUT2D eigenvalue weighted by Gasteiger charge is 2.31. The van der Waals surface area contributed by atoms with Crippen LogP contribution in [0.3, 0.4) is 0 Å². The Morgan fingerprint density at radius 3 is 2.94 bits per heavy atom. The number of anilines is 1. The van der Waals surface area contributed by atoms with Crippen molar-refractivity contribution in [2.75, 3.05) is 29.7 Å². The zero-order chi connectivity index (χ0) is 12.6. The fraction of sp³-hybridized carbons (Fsp3) is 0.538. The average Bonchev–Trinajstić information content (AvgIpc) is 2.96. The molecule has 0 amide bonds. The van der Waals surface area contributed by atoms with Crippen LogP contribution < -0.4 is 9.62 Å². The number of hydrogen-bond acceptors (Lipinski definition) is 3. The van der Waals surface area contributed by atoms with E-state index in [0.717, 1.165) is 37.2 Å². The zero-order valence-corrected chi connectivity index (χ0v) is 11.1. The quantitative estimate of drug-likeness (QED) is 0.887. The van der Waals surface area contributed by atoms with E-state index >= 15 is 0 Å². The molecule has 98 valence electrons. The number of sulfonamides is 1. The molecule has 18 heavy (non-hydrogen) atoms. The molecule has 0 aliphatic carbocycles. The van der Waals surface area contributed by atoms with E-state index in [4.69, 9.17) is 0 Å². The first-order valence-electron chi connectivity index (χ1n) is 6.46. The van der Waals surface area contributed by atoms with Crippen molar-refractivity contribution < 1.29 is 8.42 Å². The summed E-state index contributed by atoms with van der Waals surface area (Å²) in [5.74, 6) is 0.539. The number of benzene rings is 1. The maximum Gasteiger partial charge on any atom is 0.235 e. The van der Waals surface area contributed by atoms with Gasteiger partial charge < -0.3 is 5.32 Å². The molecule has 1 atom stereocenters. The standard InChI is InChI=1S/C13H18N2O2S/c16-18(17,10-11-5-7-14-9-11)15-8-6-12-3-1-2-4-13(12)15/h1-4,11,14H,5-10H2. The predicted octanol–water partition coefficient (Wildman–Crippen LogP) is 0.988. The van der Waals surface area contributed by atoms with Gasteiger partial charge in [0.15, 0.2) is 0 Å². The van der Waals surface area contributed by atoms with Gasteiger partial charge in [-0.1, -0.05) is 18.2 Å². The van der Waals surface area contributed by atoms with Crippen LogP contribution in [0.25, 0.3) is 0 Å². The molecule has 1 fully saturated rings. The number of nitrogens with zero attached hydrogens (tertiary/aromatic N) is 1. The van der Waals surface area contributed by atoms with Gasteiger partial charge in [-0.2, -0.15) is 0 Å². The van der Waals surface area contributed by atoms with Gasteiger partial charge in [0.25, 0.3) is 0 Å². The van der Waals surface area contributed by atoms with Crippen molar-refractivity contribution in [2.24, 2.45) is 5.92 Å². The Hall–Kier alpha value is -1.07. The first-order valence-corrected chi connectivity index (χ1v) is 8.07. The zero-order valence-electron chi connectivity index (χ0n) is 10.3. The summed E-state index contributed by atoms with van der Waals surface area (Å²) in [6.45, 7) is 2.37. The Morgan fingerprint density at radius 1 is 1.33 bits per heavy atom. The van der Waals surface area contributed by atoms with E-state index < -0.39 is 10.0 Å². The first kappa shape index (κ1) is 12.0. The lowest BCUT2D eigenvalue weighted by atomic mass is 10.2. The molecule has 0 bridgehead atoms. The van der Waals surface area contributed by atoms with Gasteiger partial charge in [-0.25, -0.2) is 8.42 Å². The molecule has 1 saturated heterocycles. The summed E-state index contributed by atoms with van der Waals surface area (Å²) in [6.07, 6.45) is 1.80. The lowest BCUT2D eigenvalue weighted by Gasteiger charge is -2.21. The maximum absolute atomic E-state index is 12.4. The van der Waals surface area contributed by atoms with Crippen LogP contribution in [0.4, 0.5) is 5.69 Å². The average molecular weight is 266 g/mol. The molecule has 3 rings (SSSR count). The second-order valence-electron chi connectivity index (χ2n) is 5.09. The predicted molar refractivity (Wildman–Crippen MR) is 72.3 cm³/mol. The van der Waals surface area contributed by atoms with E-state index in [-0.39, 0.29) is 11.7 Å². The molecule has 0 radical (unpaired) electrons. The maximum atomic E-state index is 12.4. The Bertz CT molecular complexity index is 536. The molecule has 0 spiro atoms. The van der Waals surface area contributed by atoms with Gasteiger partial charge in [0.2, 0.25) is 10.0 Å². The largest absolute Gasteiger partial charge is 0.316 e. The Labute approximate surface area is 108 Å². The van der Waals surface area contributed by atoms with Gasteiger partial charge >= 0.3 is 0 Å². The van der Waals surface area contributed by atoms with Crippen molar-refractivity contribution in [1.29, 1.82) is 0 Å². The van der Waals surface area contributed by atoms with Crippen LogP contribution in [0.2, 0.25) is 0 Å². The SMILES string of the molecule is O=S(=O)(CC1CCNC1)N1CCc2ccccc21. The number of para-hydroxylation sites is 1. The summed E-state index contributed by atoms with van der Waals surface area (Å²) >= 11 is 0. The second-order valence-corrected chi connectivity index (χ2v) is 7.03. The number of fused-ring (bicyclic) bond motifs is 1. The van der Waals surface area contributed by atoms with E-state index in [2.05, 4.69) is 5.32 Å². The summed E-state index contributed by atoms with van der Waals surface area (Å²) in [4.78, 5) is 0. The summed E-state index contributed by atoms with van der Waals surface area (Å²) in [6, 6.07) is 7.80. The number of rotatable bonds is 3. The Kier molecular flexibility index (Phi) is 3.03. The Morgan fingerprint density at radius 2 is 2.17 bits per heavy atom. The molecule has 1 unspecified atom stereocenters. The van der Waals surface area contributed by atoms with Crippen molar-refractivity contribution in [2.45, 2.75) is 12.8 Å². The minimum absolute atomic E-state index is 0.266. The fourth-order valence-electron chi connectivity index (χ4n) is 2.84. The van der Waals surface area contributed by atoms with Crippen molar-refractivity contribution in [3.05, 3.63) is 29.8 Å². The third-order valence-electron chi connectivity index (χ3n) is 3.79. The molecular weight excluding hydrogens is 248 g/mol. The molecule has 2 aliphatic rings.